The maximum Gasteiger partial charge on any atom is 0.338 e. The van der Waals surface area contributed by atoms with Crippen LogP contribution in [0.2, 0.25) is 5.02 Å². The molecule has 1 aliphatic heterocycles. The maximum atomic E-state index is 12.9. The molecule has 28 heavy (non-hydrogen) atoms. The van der Waals surface area contributed by atoms with Crippen molar-refractivity contribution in [3.8, 4) is 0 Å². The molecule has 150 valence electrons. The van der Waals surface area contributed by atoms with Crippen LogP contribution in [0.5, 0.6) is 0 Å². The summed E-state index contributed by atoms with van der Waals surface area (Å²) >= 11 is 6.17. The number of rotatable bonds is 9. The van der Waals surface area contributed by atoms with Crippen molar-refractivity contribution in [2.75, 3.05) is 11.9 Å². The van der Waals surface area contributed by atoms with Gasteiger partial charge in [0, 0.05) is 10.7 Å². The normalized spacial score (nSPS) is 15.9. The molecule has 3 rings (SSSR count). The van der Waals surface area contributed by atoms with E-state index in [2.05, 4.69) is 27.8 Å². The quantitative estimate of drug-likeness (QED) is 0.489. The molecule has 0 amide bonds. The minimum Gasteiger partial charge on any atom is -0.462 e. The van der Waals surface area contributed by atoms with Crippen LogP contribution in [0.1, 0.15) is 64.0 Å². The fraction of sp³-hybridized carbons (Fsp3) is 0.500. The van der Waals surface area contributed by atoms with Gasteiger partial charge in [-0.15, -0.1) is 0 Å². The number of benzene rings is 1. The highest BCUT2D eigenvalue weighted by Crippen LogP contribution is 2.35. The number of carbonyl (C=O) groups excluding carboxylic acids is 1. The van der Waals surface area contributed by atoms with Crippen LogP contribution in [0.25, 0.3) is 0 Å². The van der Waals surface area contributed by atoms with E-state index < -0.39 is 6.04 Å². The molecule has 1 aromatic heterocycles. The van der Waals surface area contributed by atoms with Gasteiger partial charge in [-0.05, 0) is 41.5 Å². The number of aromatic nitrogens is 4. The number of unbranched alkanes of at least 4 members (excludes halogenated alkanes) is 5. The third-order valence-corrected chi connectivity index (χ3v) is 5.06. The molecule has 0 fully saturated rings. The molecule has 0 saturated heterocycles. The van der Waals surface area contributed by atoms with Gasteiger partial charge in [-0.3, -0.25) is 0 Å². The number of hydrogen-bond donors (Lipinski definition) is 1. The molecular formula is C20H26ClN5O2. The number of esters is 1. The van der Waals surface area contributed by atoms with E-state index in [1.165, 1.54) is 25.7 Å². The van der Waals surface area contributed by atoms with E-state index >= 15 is 0 Å². The molecule has 1 aliphatic rings. The summed E-state index contributed by atoms with van der Waals surface area (Å²) in [5, 5.41) is 15.4. The summed E-state index contributed by atoms with van der Waals surface area (Å²) in [5.74, 6) is 0.125. The summed E-state index contributed by atoms with van der Waals surface area (Å²) < 4.78 is 7.16. The van der Waals surface area contributed by atoms with Crippen LogP contribution in [-0.2, 0) is 9.53 Å². The second kappa shape index (κ2) is 9.68. The first-order chi connectivity index (χ1) is 13.6. The van der Waals surface area contributed by atoms with Crippen molar-refractivity contribution in [3.63, 3.8) is 0 Å². The zero-order valence-corrected chi connectivity index (χ0v) is 17.1. The lowest BCUT2D eigenvalue weighted by molar-refractivity contribution is -0.139. The van der Waals surface area contributed by atoms with Gasteiger partial charge in [-0.1, -0.05) is 67.9 Å². The zero-order chi connectivity index (χ0) is 19.9. The van der Waals surface area contributed by atoms with Crippen LogP contribution in [0.4, 0.5) is 5.95 Å². The molecule has 2 aromatic rings. The number of hydrogen-bond acceptors (Lipinski definition) is 6. The molecule has 1 atom stereocenters. The summed E-state index contributed by atoms with van der Waals surface area (Å²) in [6.07, 6.45) is 6.82. The van der Waals surface area contributed by atoms with Crippen molar-refractivity contribution in [3.05, 3.63) is 46.1 Å². The van der Waals surface area contributed by atoms with Crippen LogP contribution in [0.15, 0.2) is 35.5 Å². The van der Waals surface area contributed by atoms with Gasteiger partial charge >= 0.3 is 5.97 Å². The van der Waals surface area contributed by atoms with Crippen LogP contribution >= 0.6 is 11.6 Å². The Morgan fingerprint density at radius 3 is 2.82 bits per heavy atom. The van der Waals surface area contributed by atoms with Crippen molar-refractivity contribution in [1.29, 1.82) is 0 Å². The Balaban J connectivity index is 1.73. The monoisotopic (exact) mass is 403 g/mol. The van der Waals surface area contributed by atoms with Gasteiger partial charge in [-0.2, -0.15) is 4.68 Å². The molecule has 0 radical (unpaired) electrons. The maximum absolute atomic E-state index is 12.9. The fourth-order valence-corrected chi connectivity index (χ4v) is 3.59. The van der Waals surface area contributed by atoms with Crippen molar-refractivity contribution in [2.24, 2.45) is 0 Å². The van der Waals surface area contributed by atoms with Crippen LogP contribution < -0.4 is 5.32 Å². The predicted octanol–water partition coefficient (Wildman–Crippen LogP) is 4.52. The minimum atomic E-state index is -0.484. The Labute approximate surface area is 170 Å². The molecular weight excluding hydrogens is 378 g/mol. The van der Waals surface area contributed by atoms with Gasteiger partial charge < -0.3 is 10.1 Å². The Kier molecular flexibility index (Phi) is 7.03. The summed E-state index contributed by atoms with van der Waals surface area (Å²) in [5.41, 5.74) is 2.00. The number of anilines is 1. The second-order valence-corrected chi connectivity index (χ2v) is 7.41. The third-order valence-electron chi connectivity index (χ3n) is 4.83. The molecule has 0 saturated carbocycles. The van der Waals surface area contributed by atoms with Gasteiger partial charge in [0.1, 0.15) is 6.04 Å². The summed E-state index contributed by atoms with van der Waals surface area (Å²) in [6, 6.07) is 6.87. The average Bonchev–Trinajstić information content (AvgIpc) is 3.14. The van der Waals surface area contributed by atoms with Gasteiger partial charge in [-0.25, -0.2) is 4.79 Å². The zero-order valence-electron chi connectivity index (χ0n) is 16.3. The number of fused-ring (bicyclic) bond motifs is 1. The van der Waals surface area contributed by atoms with E-state index in [-0.39, 0.29) is 5.97 Å². The standard InChI is InChI=1S/C20H26ClN5O2/c1-3-4-5-6-7-8-12-28-19(27)17-14(2)22-20-23-24-25-26(20)18(17)15-10-9-11-16(21)13-15/h9-11,13,18H,3-8,12H2,1-2H3,(H,22,23,25)/t18-/m1/s1. The van der Waals surface area contributed by atoms with E-state index in [4.69, 9.17) is 16.3 Å². The smallest absolute Gasteiger partial charge is 0.338 e. The van der Waals surface area contributed by atoms with E-state index in [9.17, 15) is 4.79 Å². The highest BCUT2D eigenvalue weighted by atomic mass is 35.5. The lowest BCUT2D eigenvalue weighted by Gasteiger charge is -2.27. The number of ether oxygens (including phenoxy) is 1. The number of halogens is 1. The first-order valence-corrected chi connectivity index (χ1v) is 10.2. The molecule has 1 aromatic carbocycles. The molecule has 1 N–H and O–H groups in total. The Bertz CT molecular complexity index is 849. The molecule has 0 aliphatic carbocycles. The van der Waals surface area contributed by atoms with Crippen molar-refractivity contribution < 1.29 is 9.53 Å². The second-order valence-electron chi connectivity index (χ2n) is 6.97. The lowest BCUT2D eigenvalue weighted by atomic mass is 9.96. The highest BCUT2D eigenvalue weighted by Gasteiger charge is 2.34. The third kappa shape index (κ3) is 4.70. The van der Waals surface area contributed by atoms with Crippen LogP contribution in [0.3, 0.4) is 0 Å². The first kappa shape index (κ1) is 20.3. The number of carbonyl (C=O) groups is 1. The minimum absolute atomic E-state index is 0.357. The summed E-state index contributed by atoms with van der Waals surface area (Å²) in [7, 11) is 0. The Hall–Kier alpha value is -2.41. The van der Waals surface area contributed by atoms with E-state index in [1.807, 2.05) is 25.1 Å². The molecule has 7 nitrogen and oxygen atoms in total. The fourth-order valence-electron chi connectivity index (χ4n) is 3.39. The molecule has 0 bridgehead atoms. The first-order valence-electron chi connectivity index (χ1n) is 9.80. The predicted molar refractivity (Wildman–Crippen MR) is 108 cm³/mol. The molecule has 8 heteroatoms. The van der Waals surface area contributed by atoms with E-state index in [0.29, 0.717) is 28.8 Å². The number of tetrazole rings is 1. The molecule has 2 heterocycles. The van der Waals surface area contributed by atoms with Gasteiger partial charge in [0.15, 0.2) is 0 Å². The number of nitrogens with zero attached hydrogens (tertiary/aromatic N) is 4. The average molecular weight is 404 g/mol. The van der Waals surface area contributed by atoms with Crippen molar-refractivity contribution >= 4 is 23.5 Å². The van der Waals surface area contributed by atoms with Gasteiger partial charge in [0.25, 0.3) is 0 Å². The van der Waals surface area contributed by atoms with Crippen LogP contribution in [0, 0.1) is 0 Å². The Morgan fingerprint density at radius 1 is 1.25 bits per heavy atom. The number of allylic oxidation sites excluding steroid dienone is 1. The SMILES string of the molecule is CCCCCCCCOC(=O)C1=C(C)Nc2nnnn2[C@@H]1c1cccc(Cl)c1. The van der Waals surface area contributed by atoms with Gasteiger partial charge in [0.05, 0.1) is 12.2 Å². The van der Waals surface area contributed by atoms with E-state index in [1.54, 1.807) is 10.7 Å². The largest absolute Gasteiger partial charge is 0.462 e. The molecule has 0 unspecified atom stereocenters. The van der Waals surface area contributed by atoms with Crippen molar-refractivity contribution in [2.45, 2.75) is 58.4 Å². The summed E-state index contributed by atoms with van der Waals surface area (Å²) in [6.45, 7) is 4.44. The van der Waals surface area contributed by atoms with Gasteiger partial charge in [0.2, 0.25) is 5.95 Å². The molecule has 0 spiro atoms. The topological polar surface area (TPSA) is 81.9 Å². The van der Waals surface area contributed by atoms with E-state index in [0.717, 1.165) is 18.4 Å². The Morgan fingerprint density at radius 2 is 2.04 bits per heavy atom. The number of nitrogens with one attached hydrogen (secondary N) is 1. The van der Waals surface area contributed by atoms with Crippen LogP contribution in [-0.4, -0.2) is 32.8 Å². The lowest BCUT2D eigenvalue weighted by Crippen LogP contribution is -2.29. The van der Waals surface area contributed by atoms with Crippen molar-refractivity contribution in [1.82, 2.24) is 20.2 Å². The highest BCUT2D eigenvalue weighted by molar-refractivity contribution is 6.30. The summed E-state index contributed by atoms with van der Waals surface area (Å²) in [4.78, 5) is 12.9.